The summed E-state index contributed by atoms with van der Waals surface area (Å²) in [4.78, 5) is 0. The van der Waals surface area contributed by atoms with E-state index in [0.717, 1.165) is 0 Å². The molecule has 0 aromatic carbocycles. The molecular weight excluding hydrogens is 120 g/mol. The van der Waals surface area contributed by atoms with Crippen LogP contribution in [0.5, 0.6) is 0 Å². The van der Waals surface area contributed by atoms with Crippen LogP contribution >= 0.6 is 0 Å². The van der Waals surface area contributed by atoms with Gasteiger partial charge in [-0.2, -0.15) is 0 Å². The lowest BCUT2D eigenvalue weighted by molar-refractivity contribution is 0.758. The van der Waals surface area contributed by atoms with Crippen molar-refractivity contribution >= 4 is 0 Å². The zero-order valence-electron chi connectivity index (χ0n) is 7.14. The summed E-state index contributed by atoms with van der Waals surface area (Å²) in [5, 5.41) is 0. The lowest BCUT2D eigenvalue weighted by Crippen LogP contribution is -1.74. The van der Waals surface area contributed by atoms with Gasteiger partial charge in [-0.3, -0.25) is 0 Å². The van der Waals surface area contributed by atoms with Crippen molar-refractivity contribution in [3.05, 3.63) is 24.3 Å². The minimum atomic E-state index is 1.27. The van der Waals surface area contributed by atoms with E-state index >= 15 is 0 Å². The standard InChI is InChI=1S/C8H12.C2H6/c1-2-4-6-8-7-5-3-1;1-2/h1-4H,5-8H2;1-2H3. The molecule has 0 bridgehead atoms. The Hall–Kier alpha value is -0.520. The Bertz CT molecular complexity index is 84.6. The van der Waals surface area contributed by atoms with Gasteiger partial charge in [-0.05, 0) is 25.7 Å². The second-order valence-electron chi connectivity index (χ2n) is 2.14. The molecule has 0 amide bonds. The summed E-state index contributed by atoms with van der Waals surface area (Å²) < 4.78 is 0. The predicted molar refractivity (Wildman–Crippen MR) is 48.1 cm³/mol. The molecule has 10 heavy (non-hydrogen) atoms. The first kappa shape index (κ1) is 9.48. The fourth-order valence-corrected chi connectivity index (χ4v) is 0.874. The minimum Gasteiger partial charge on any atom is -0.0845 e. The van der Waals surface area contributed by atoms with Crippen molar-refractivity contribution in [2.75, 3.05) is 0 Å². The third-order valence-corrected chi connectivity index (χ3v) is 1.37. The van der Waals surface area contributed by atoms with Crippen molar-refractivity contribution in [3.63, 3.8) is 0 Å². The third kappa shape index (κ3) is 5.61. The molecule has 0 aliphatic heterocycles. The molecular formula is C10H18. The third-order valence-electron chi connectivity index (χ3n) is 1.37. The van der Waals surface area contributed by atoms with Crippen LogP contribution < -0.4 is 0 Å². The van der Waals surface area contributed by atoms with E-state index in [0.29, 0.717) is 0 Å². The second-order valence-corrected chi connectivity index (χ2v) is 2.14. The molecule has 0 N–H and O–H groups in total. The molecule has 0 heteroatoms. The molecule has 1 aliphatic rings. The Morgan fingerprint density at radius 1 is 0.800 bits per heavy atom. The Morgan fingerprint density at radius 2 is 1.20 bits per heavy atom. The monoisotopic (exact) mass is 138 g/mol. The van der Waals surface area contributed by atoms with Gasteiger partial charge >= 0.3 is 0 Å². The normalized spacial score (nSPS) is 16.6. The molecule has 0 aromatic heterocycles. The van der Waals surface area contributed by atoms with Crippen molar-refractivity contribution in [1.29, 1.82) is 0 Å². The molecule has 0 atom stereocenters. The average molecular weight is 138 g/mol. The Labute approximate surface area is 64.6 Å². The van der Waals surface area contributed by atoms with Crippen molar-refractivity contribution < 1.29 is 0 Å². The average Bonchev–Trinajstić information content (AvgIpc) is 1.90. The maximum Gasteiger partial charge on any atom is -0.0347 e. The van der Waals surface area contributed by atoms with Gasteiger partial charge in [-0.15, -0.1) is 0 Å². The topological polar surface area (TPSA) is 0 Å². The highest BCUT2D eigenvalue weighted by atomic mass is 13.9. The van der Waals surface area contributed by atoms with Gasteiger partial charge in [0.25, 0.3) is 0 Å². The van der Waals surface area contributed by atoms with Gasteiger partial charge in [0, 0.05) is 0 Å². The number of hydrogen-bond donors (Lipinski definition) is 0. The molecule has 0 fully saturated rings. The number of allylic oxidation sites excluding steroid dienone is 4. The minimum absolute atomic E-state index is 1.27. The molecule has 0 nitrogen and oxygen atoms in total. The Kier molecular flexibility index (Phi) is 8.04. The summed E-state index contributed by atoms with van der Waals surface area (Å²) in [5.74, 6) is 0. The molecule has 0 spiro atoms. The van der Waals surface area contributed by atoms with Gasteiger partial charge in [0.1, 0.15) is 0 Å². The van der Waals surface area contributed by atoms with Crippen LogP contribution in [0, 0.1) is 0 Å². The van der Waals surface area contributed by atoms with Crippen molar-refractivity contribution in [3.8, 4) is 0 Å². The van der Waals surface area contributed by atoms with E-state index in [1.165, 1.54) is 25.7 Å². The number of hydrogen-bond acceptors (Lipinski definition) is 0. The van der Waals surface area contributed by atoms with E-state index in [4.69, 9.17) is 0 Å². The lowest BCUT2D eigenvalue weighted by atomic mass is 10.1. The smallest absolute Gasteiger partial charge is 0.0347 e. The molecule has 0 saturated heterocycles. The molecule has 58 valence electrons. The van der Waals surface area contributed by atoms with Crippen LogP contribution in [0.25, 0.3) is 0 Å². The molecule has 0 saturated carbocycles. The molecule has 1 aliphatic carbocycles. The maximum absolute atomic E-state index is 2.23. The highest BCUT2D eigenvalue weighted by Crippen LogP contribution is 2.04. The van der Waals surface area contributed by atoms with Crippen LogP contribution in [0.4, 0.5) is 0 Å². The van der Waals surface area contributed by atoms with E-state index in [-0.39, 0.29) is 0 Å². The SMILES string of the molecule is C1=CCCCCC=C1.CC. The second kappa shape index (κ2) is 8.48. The summed E-state index contributed by atoms with van der Waals surface area (Å²) in [5.41, 5.74) is 0. The van der Waals surface area contributed by atoms with Gasteiger partial charge in [0.15, 0.2) is 0 Å². The van der Waals surface area contributed by atoms with Crippen molar-refractivity contribution in [2.45, 2.75) is 39.5 Å². The summed E-state index contributed by atoms with van der Waals surface area (Å²) in [6, 6.07) is 0. The zero-order valence-corrected chi connectivity index (χ0v) is 7.14. The molecule has 1 rings (SSSR count). The van der Waals surface area contributed by atoms with E-state index in [1.807, 2.05) is 13.8 Å². The first-order valence-electron chi connectivity index (χ1n) is 4.32. The summed E-state index contributed by atoms with van der Waals surface area (Å²) in [6.07, 6.45) is 14.0. The van der Waals surface area contributed by atoms with Crippen molar-refractivity contribution in [1.82, 2.24) is 0 Å². The fraction of sp³-hybridized carbons (Fsp3) is 0.600. The van der Waals surface area contributed by atoms with Gasteiger partial charge in [0.05, 0.1) is 0 Å². The van der Waals surface area contributed by atoms with Gasteiger partial charge < -0.3 is 0 Å². The van der Waals surface area contributed by atoms with Gasteiger partial charge in [-0.1, -0.05) is 38.2 Å². The first-order chi connectivity index (χ1) is 5.00. The van der Waals surface area contributed by atoms with Crippen LogP contribution in [0.15, 0.2) is 24.3 Å². The van der Waals surface area contributed by atoms with E-state index in [2.05, 4.69) is 24.3 Å². The van der Waals surface area contributed by atoms with E-state index in [1.54, 1.807) is 0 Å². The molecule has 0 radical (unpaired) electrons. The van der Waals surface area contributed by atoms with Crippen LogP contribution in [-0.2, 0) is 0 Å². The van der Waals surface area contributed by atoms with Crippen LogP contribution in [0.3, 0.4) is 0 Å². The largest absolute Gasteiger partial charge is 0.0845 e. The quantitative estimate of drug-likeness (QED) is 0.479. The fourth-order valence-electron chi connectivity index (χ4n) is 0.874. The van der Waals surface area contributed by atoms with Gasteiger partial charge in [-0.25, -0.2) is 0 Å². The Morgan fingerprint density at radius 3 is 1.60 bits per heavy atom. The van der Waals surface area contributed by atoms with Crippen molar-refractivity contribution in [2.24, 2.45) is 0 Å². The molecule has 0 heterocycles. The zero-order chi connectivity index (χ0) is 7.66. The lowest BCUT2D eigenvalue weighted by Gasteiger charge is -1.94. The van der Waals surface area contributed by atoms with Crippen LogP contribution in [0.1, 0.15) is 39.5 Å². The maximum atomic E-state index is 2.23. The summed E-state index contributed by atoms with van der Waals surface area (Å²) >= 11 is 0. The summed E-state index contributed by atoms with van der Waals surface area (Å²) in [6.45, 7) is 4.00. The van der Waals surface area contributed by atoms with Crippen LogP contribution in [0.2, 0.25) is 0 Å². The number of rotatable bonds is 0. The van der Waals surface area contributed by atoms with Crippen LogP contribution in [-0.4, -0.2) is 0 Å². The molecule has 0 aromatic rings. The first-order valence-corrected chi connectivity index (χ1v) is 4.32. The Balaban J connectivity index is 0.000000371. The van der Waals surface area contributed by atoms with E-state index < -0.39 is 0 Å². The predicted octanol–water partition coefficient (Wildman–Crippen LogP) is 3.70. The molecule has 0 unspecified atom stereocenters. The highest BCUT2D eigenvalue weighted by molar-refractivity contribution is 5.03. The summed E-state index contributed by atoms with van der Waals surface area (Å²) in [7, 11) is 0. The van der Waals surface area contributed by atoms with E-state index in [9.17, 15) is 0 Å². The highest BCUT2D eigenvalue weighted by Gasteiger charge is 1.84. The van der Waals surface area contributed by atoms with Gasteiger partial charge in [0.2, 0.25) is 0 Å².